The summed E-state index contributed by atoms with van der Waals surface area (Å²) in [6.45, 7) is 2.01. The number of amides is 1. The van der Waals surface area contributed by atoms with Gasteiger partial charge in [-0.1, -0.05) is 34.1 Å². The second kappa shape index (κ2) is 8.29. The molecule has 1 N–H and O–H groups in total. The molecule has 3 aromatic rings. The maximum atomic E-state index is 12.3. The first-order valence-electron chi connectivity index (χ1n) is 7.82. The van der Waals surface area contributed by atoms with E-state index in [9.17, 15) is 4.79 Å². The number of para-hydroxylation sites is 1. The number of aryl methyl sites for hydroxylation is 1. The molecule has 8 heteroatoms. The molecular weight excluding hydrogens is 418 g/mol. The SMILES string of the molecule is Cc1cc(Br)ccc1NC(=O)Cn1nc(COc2ccccc2)oc1=S. The highest BCUT2D eigenvalue weighted by molar-refractivity contribution is 9.10. The van der Waals surface area contributed by atoms with Crippen molar-refractivity contribution in [2.75, 3.05) is 5.32 Å². The fraction of sp³-hybridized carbons (Fsp3) is 0.167. The lowest BCUT2D eigenvalue weighted by Crippen LogP contribution is -2.20. The van der Waals surface area contributed by atoms with E-state index in [4.69, 9.17) is 21.4 Å². The molecule has 0 fully saturated rings. The van der Waals surface area contributed by atoms with E-state index in [-0.39, 0.29) is 23.9 Å². The zero-order chi connectivity index (χ0) is 18.5. The molecule has 0 aliphatic carbocycles. The normalized spacial score (nSPS) is 10.5. The van der Waals surface area contributed by atoms with Crippen LogP contribution in [0, 0.1) is 11.8 Å². The van der Waals surface area contributed by atoms with Gasteiger partial charge in [0.25, 0.3) is 10.7 Å². The lowest BCUT2D eigenvalue weighted by Gasteiger charge is -2.08. The first-order chi connectivity index (χ1) is 12.5. The van der Waals surface area contributed by atoms with Gasteiger partial charge in [0, 0.05) is 10.2 Å². The number of halogens is 1. The van der Waals surface area contributed by atoms with Crippen molar-refractivity contribution in [3.8, 4) is 5.75 Å². The number of carbonyl (C=O) groups is 1. The summed E-state index contributed by atoms with van der Waals surface area (Å²) in [6.07, 6.45) is 0. The van der Waals surface area contributed by atoms with E-state index in [1.54, 1.807) is 0 Å². The summed E-state index contributed by atoms with van der Waals surface area (Å²) in [5, 5.41) is 7.04. The van der Waals surface area contributed by atoms with Crippen molar-refractivity contribution in [3.05, 3.63) is 69.3 Å². The smallest absolute Gasteiger partial charge is 0.287 e. The van der Waals surface area contributed by atoms with Crippen molar-refractivity contribution < 1.29 is 13.9 Å². The molecule has 6 nitrogen and oxygen atoms in total. The zero-order valence-electron chi connectivity index (χ0n) is 13.9. The minimum atomic E-state index is -0.240. The van der Waals surface area contributed by atoms with Gasteiger partial charge in [0.2, 0.25) is 5.91 Å². The first kappa shape index (κ1) is 18.3. The third-order valence-electron chi connectivity index (χ3n) is 3.51. The van der Waals surface area contributed by atoms with Crippen molar-refractivity contribution in [3.63, 3.8) is 0 Å². The zero-order valence-corrected chi connectivity index (χ0v) is 16.3. The topological polar surface area (TPSA) is 69.3 Å². The Hall–Kier alpha value is -2.45. The third-order valence-corrected chi connectivity index (χ3v) is 4.30. The van der Waals surface area contributed by atoms with E-state index >= 15 is 0 Å². The molecule has 134 valence electrons. The van der Waals surface area contributed by atoms with Gasteiger partial charge in [-0.3, -0.25) is 4.79 Å². The molecule has 1 amide bonds. The Bertz CT molecular complexity index is 969. The summed E-state index contributed by atoms with van der Waals surface area (Å²) in [5.74, 6) is 0.772. The first-order valence-corrected chi connectivity index (χ1v) is 9.02. The molecule has 2 aromatic carbocycles. The van der Waals surface area contributed by atoms with Crippen LogP contribution in [-0.2, 0) is 17.9 Å². The number of nitrogens with zero attached hydrogens (tertiary/aromatic N) is 2. The molecule has 0 aliphatic heterocycles. The van der Waals surface area contributed by atoms with Crippen molar-refractivity contribution in [1.82, 2.24) is 9.78 Å². The molecule has 0 radical (unpaired) electrons. The Morgan fingerprint density at radius 2 is 2.08 bits per heavy atom. The number of hydrogen-bond donors (Lipinski definition) is 1. The molecule has 0 aliphatic rings. The van der Waals surface area contributed by atoms with Crippen LogP contribution in [0.1, 0.15) is 11.5 Å². The number of aromatic nitrogens is 2. The van der Waals surface area contributed by atoms with Gasteiger partial charge in [-0.05, 0) is 55.0 Å². The summed E-state index contributed by atoms with van der Waals surface area (Å²) in [4.78, 5) is 12.4. The largest absolute Gasteiger partial charge is 0.484 e. The Kier molecular flexibility index (Phi) is 5.85. The van der Waals surface area contributed by atoms with Crippen LogP contribution in [-0.4, -0.2) is 15.7 Å². The maximum absolute atomic E-state index is 12.3. The lowest BCUT2D eigenvalue weighted by atomic mass is 10.2. The van der Waals surface area contributed by atoms with Crippen LogP contribution < -0.4 is 10.1 Å². The van der Waals surface area contributed by atoms with E-state index in [0.717, 1.165) is 15.7 Å². The van der Waals surface area contributed by atoms with E-state index < -0.39 is 0 Å². The number of rotatable bonds is 6. The molecule has 0 spiro atoms. The number of anilines is 1. The molecule has 0 saturated heterocycles. The average Bonchev–Trinajstić information content (AvgIpc) is 2.96. The molecule has 26 heavy (non-hydrogen) atoms. The standard InChI is InChI=1S/C18H16BrN3O3S/c1-12-9-13(19)7-8-15(12)20-16(23)10-22-18(26)25-17(21-22)11-24-14-5-3-2-4-6-14/h2-9H,10-11H2,1H3,(H,20,23). The highest BCUT2D eigenvalue weighted by atomic mass is 79.9. The van der Waals surface area contributed by atoms with Crippen LogP contribution >= 0.6 is 28.1 Å². The molecule has 3 rings (SSSR count). The van der Waals surface area contributed by atoms with Crippen molar-refractivity contribution in [1.29, 1.82) is 0 Å². The number of benzene rings is 2. The van der Waals surface area contributed by atoms with Gasteiger partial charge in [0.15, 0.2) is 6.61 Å². The fourth-order valence-electron chi connectivity index (χ4n) is 2.26. The van der Waals surface area contributed by atoms with Gasteiger partial charge in [0.05, 0.1) is 0 Å². The van der Waals surface area contributed by atoms with Gasteiger partial charge >= 0.3 is 0 Å². The minimum absolute atomic E-state index is 0.0385. The summed E-state index contributed by atoms with van der Waals surface area (Å²) in [6, 6.07) is 14.9. The summed E-state index contributed by atoms with van der Waals surface area (Å²) in [7, 11) is 0. The predicted molar refractivity (Wildman–Crippen MR) is 104 cm³/mol. The van der Waals surface area contributed by atoms with Crippen LogP contribution in [0.2, 0.25) is 0 Å². The summed E-state index contributed by atoms with van der Waals surface area (Å²) < 4.78 is 13.2. The predicted octanol–water partition coefficient (Wildman–Crippen LogP) is 4.49. The van der Waals surface area contributed by atoms with E-state index in [2.05, 4.69) is 26.3 Å². The van der Waals surface area contributed by atoms with Gasteiger partial charge in [-0.15, -0.1) is 5.10 Å². The molecule has 1 heterocycles. The molecule has 1 aromatic heterocycles. The number of hydrogen-bond acceptors (Lipinski definition) is 5. The Morgan fingerprint density at radius 1 is 1.31 bits per heavy atom. The Balaban J connectivity index is 1.62. The summed E-state index contributed by atoms with van der Waals surface area (Å²) >= 11 is 8.52. The molecule has 0 bridgehead atoms. The van der Waals surface area contributed by atoms with Crippen molar-refractivity contribution in [2.24, 2.45) is 0 Å². The molecule has 0 atom stereocenters. The van der Waals surface area contributed by atoms with Gasteiger partial charge < -0.3 is 14.5 Å². The van der Waals surface area contributed by atoms with Gasteiger partial charge in [-0.2, -0.15) is 0 Å². The lowest BCUT2D eigenvalue weighted by molar-refractivity contribution is -0.117. The number of carbonyl (C=O) groups excluding carboxylic acids is 1. The van der Waals surface area contributed by atoms with Crippen LogP contribution in [0.3, 0.4) is 0 Å². The second-order valence-corrected chi connectivity index (χ2v) is 6.79. The summed E-state index contributed by atoms with van der Waals surface area (Å²) in [5.41, 5.74) is 1.69. The highest BCUT2D eigenvalue weighted by Gasteiger charge is 2.11. The fourth-order valence-corrected chi connectivity index (χ4v) is 2.94. The second-order valence-electron chi connectivity index (χ2n) is 5.53. The van der Waals surface area contributed by atoms with E-state index in [0.29, 0.717) is 11.6 Å². The molecule has 0 saturated carbocycles. The monoisotopic (exact) mass is 433 g/mol. The van der Waals surface area contributed by atoms with Crippen LogP contribution in [0.4, 0.5) is 5.69 Å². The van der Waals surface area contributed by atoms with Crippen molar-refractivity contribution >= 4 is 39.7 Å². The number of nitrogens with one attached hydrogen (secondary N) is 1. The molecule has 0 unspecified atom stereocenters. The molecular formula is C18H16BrN3O3S. The van der Waals surface area contributed by atoms with Crippen LogP contribution in [0.15, 0.2) is 57.4 Å². The van der Waals surface area contributed by atoms with Crippen LogP contribution in [0.5, 0.6) is 5.75 Å². The van der Waals surface area contributed by atoms with Gasteiger partial charge in [0.1, 0.15) is 12.3 Å². The third kappa shape index (κ3) is 4.80. The highest BCUT2D eigenvalue weighted by Crippen LogP contribution is 2.20. The van der Waals surface area contributed by atoms with Gasteiger partial charge in [-0.25, -0.2) is 4.68 Å². The number of ether oxygens (including phenoxy) is 1. The Morgan fingerprint density at radius 3 is 2.81 bits per heavy atom. The minimum Gasteiger partial charge on any atom is -0.484 e. The quantitative estimate of drug-likeness (QED) is 0.579. The Labute approximate surface area is 163 Å². The average molecular weight is 434 g/mol. The van der Waals surface area contributed by atoms with E-state index in [1.165, 1.54) is 4.68 Å². The van der Waals surface area contributed by atoms with Crippen molar-refractivity contribution in [2.45, 2.75) is 20.1 Å². The van der Waals surface area contributed by atoms with Crippen LogP contribution in [0.25, 0.3) is 0 Å². The maximum Gasteiger partial charge on any atom is 0.287 e. The van der Waals surface area contributed by atoms with E-state index in [1.807, 2.05) is 55.5 Å².